The molecule has 0 atom stereocenters. The molecule has 72 valence electrons. The summed E-state index contributed by atoms with van der Waals surface area (Å²) in [6, 6.07) is 2.25. The van der Waals surface area contributed by atoms with Crippen molar-refractivity contribution in [2.24, 2.45) is 0 Å². The Morgan fingerprint density at radius 3 is 2.71 bits per heavy atom. The summed E-state index contributed by atoms with van der Waals surface area (Å²) >= 11 is 0. The van der Waals surface area contributed by atoms with Crippen molar-refractivity contribution in [3.8, 4) is 5.75 Å². The van der Waals surface area contributed by atoms with Gasteiger partial charge in [0.15, 0.2) is 0 Å². The summed E-state index contributed by atoms with van der Waals surface area (Å²) < 4.78 is 26.7. The molecule has 1 N–H and O–H groups in total. The van der Waals surface area contributed by atoms with E-state index >= 15 is 0 Å². The fourth-order valence-corrected chi connectivity index (χ4v) is 1.35. The van der Waals surface area contributed by atoms with E-state index in [4.69, 9.17) is 5.11 Å². The number of hydrogen-bond acceptors (Lipinski definition) is 2. The number of fused-ring (bicyclic) bond motifs is 1. The summed E-state index contributed by atoms with van der Waals surface area (Å²) in [5.74, 6) is -1.31. The third kappa shape index (κ3) is 1.19. The lowest BCUT2D eigenvalue weighted by Gasteiger charge is -2.03. The summed E-state index contributed by atoms with van der Waals surface area (Å²) in [5.41, 5.74) is 0.133. The first-order valence-electron chi connectivity index (χ1n) is 4.03. The van der Waals surface area contributed by atoms with Crippen LogP contribution in [0, 0.1) is 18.6 Å². The molecule has 0 aliphatic heterocycles. The summed E-state index contributed by atoms with van der Waals surface area (Å²) in [5, 5.41) is 9.09. The smallest absolute Gasteiger partial charge is 0.149 e. The van der Waals surface area contributed by atoms with Gasteiger partial charge in [-0.2, -0.15) is 0 Å². The van der Waals surface area contributed by atoms with Gasteiger partial charge in [-0.05, 0) is 24.6 Å². The Bertz CT molecular complexity index is 511. The van der Waals surface area contributed by atoms with Crippen LogP contribution in [-0.4, -0.2) is 10.1 Å². The van der Waals surface area contributed by atoms with E-state index in [1.807, 2.05) is 0 Å². The van der Waals surface area contributed by atoms with Gasteiger partial charge in [0.1, 0.15) is 22.9 Å². The van der Waals surface area contributed by atoms with Crippen molar-refractivity contribution in [2.75, 3.05) is 0 Å². The Labute approximate surface area is 78.8 Å². The van der Waals surface area contributed by atoms with Gasteiger partial charge in [0.05, 0.1) is 6.20 Å². The van der Waals surface area contributed by atoms with Gasteiger partial charge < -0.3 is 5.11 Å². The second kappa shape index (κ2) is 2.90. The number of aromatic nitrogens is 1. The minimum Gasteiger partial charge on any atom is -0.506 e. The molecule has 0 aliphatic carbocycles. The van der Waals surface area contributed by atoms with E-state index in [2.05, 4.69) is 4.98 Å². The zero-order valence-corrected chi connectivity index (χ0v) is 7.38. The lowest BCUT2D eigenvalue weighted by atomic mass is 10.1. The zero-order chi connectivity index (χ0) is 10.3. The van der Waals surface area contributed by atoms with Crippen LogP contribution in [0.1, 0.15) is 5.56 Å². The molecular formula is C10H7F2NO. The van der Waals surface area contributed by atoms with Crippen LogP contribution in [0.25, 0.3) is 10.9 Å². The highest BCUT2D eigenvalue weighted by atomic mass is 19.1. The Morgan fingerprint density at radius 1 is 1.29 bits per heavy atom. The predicted octanol–water partition coefficient (Wildman–Crippen LogP) is 2.53. The van der Waals surface area contributed by atoms with Crippen molar-refractivity contribution in [2.45, 2.75) is 6.92 Å². The molecule has 1 heterocycles. The fourth-order valence-electron chi connectivity index (χ4n) is 1.35. The Morgan fingerprint density at radius 2 is 2.00 bits per heavy atom. The first kappa shape index (κ1) is 8.87. The highest BCUT2D eigenvalue weighted by molar-refractivity contribution is 5.81. The van der Waals surface area contributed by atoms with Crippen LogP contribution in [0.15, 0.2) is 18.3 Å². The van der Waals surface area contributed by atoms with E-state index < -0.39 is 11.6 Å². The van der Waals surface area contributed by atoms with E-state index in [0.29, 0.717) is 0 Å². The molecule has 0 saturated heterocycles. The topological polar surface area (TPSA) is 33.1 Å². The molecule has 0 aliphatic rings. The molecule has 0 fully saturated rings. The largest absolute Gasteiger partial charge is 0.506 e. The maximum absolute atomic E-state index is 13.4. The minimum absolute atomic E-state index is 0.00231. The molecule has 0 amide bonds. The molecule has 0 saturated carbocycles. The van der Waals surface area contributed by atoms with Crippen molar-refractivity contribution in [3.05, 3.63) is 35.5 Å². The van der Waals surface area contributed by atoms with Gasteiger partial charge >= 0.3 is 0 Å². The van der Waals surface area contributed by atoms with E-state index in [1.54, 1.807) is 0 Å². The Balaban J connectivity index is 2.95. The molecule has 1 aromatic carbocycles. The second-order valence-corrected chi connectivity index (χ2v) is 3.08. The van der Waals surface area contributed by atoms with Crippen LogP contribution >= 0.6 is 0 Å². The van der Waals surface area contributed by atoms with Gasteiger partial charge in [0.25, 0.3) is 0 Å². The molecule has 2 nitrogen and oxygen atoms in total. The summed E-state index contributed by atoms with van der Waals surface area (Å²) in [6.07, 6.45) is 1.08. The average Bonchev–Trinajstić information content (AvgIpc) is 2.14. The predicted molar refractivity (Wildman–Crippen MR) is 48.1 cm³/mol. The van der Waals surface area contributed by atoms with Crippen LogP contribution in [0.5, 0.6) is 5.75 Å². The molecule has 2 rings (SSSR count). The SMILES string of the molecule is Cc1cc(F)c2ncc(O)cc2c1F. The molecule has 0 unspecified atom stereocenters. The molecule has 0 bridgehead atoms. The quantitative estimate of drug-likeness (QED) is 0.700. The van der Waals surface area contributed by atoms with E-state index in [-0.39, 0.29) is 22.2 Å². The van der Waals surface area contributed by atoms with Crippen LogP contribution < -0.4 is 0 Å². The van der Waals surface area contributed by atoms with Crippen LogP contribution in [0.2, 0.25) is 0 Å². The van der Waals surface area contributed by atoms with Gasteiger partial charge in [0.2, 0.25) is 0 Å². The normalized spacial score (nSPS) is 10.8. The van der Waals surface area contributed by atoms with E-state index in [9.17, 15) is 8.78 Å². The number of hydrogen-bond donors (Lipinski definition) is 1. The molecule has 0 radical (unpaired) electrons. The minimum atomic E-state index is -0.584. The van der Waals surface area contributed by atoms with Gasteiger partial charge in [-0.25, -0.2) is 13.8 Å². The van der Waals surface area contributed by atoms with Crippen molar-refractivity contribution >= 4 is 10.9 Å². The van der Waals surface area contributed by atoms with Crippen LogP contribution in [-0.2, 0) is 0 Å². The number of aromatic hydroxyl groups is 1. The highest BCUT2D eigenvalue weighted by Gasteiger charge is 2.10. The molecule has 2 aromatic rings. The number of pyridine rings is 1. The van der Waals surface area contributed by atoms with E-state index in [1.165, 1.54) is 6.92 Å². The van der Waals surface area contributed by atoms with Crippen molar-refractivity contribution in [1.82, 2.24) is 4.98 Å². The molecule has 14 heavy (non-hydrogen) atoms. The molecule has 1 aromatic heterocycles. The third-order valence-corrected chi connectivity index (χ3v) is 2.03. The van der Waals surface area contributed by atoms with Crippen LogP contribution in [0.3, 0.4) is 0 Å². The number of benzene rings is 1. The van der Waals surface area contributed by atoms with Crippen LogP contribution in [0.4, 0.5) is 8.78 Å². The summed E-state index contributed by atoms with van der Waals surface area (Å²) in [7, 11) is 0. The van der Waals surface area contributed by atoms with Crippen molar-refractivity contribution < 1.29 is 13.9 Å². The maximum atomic E-state index is 13.4. The zero-order valence-electron chi connectivity index (χ0n) is 7.38. The number of nitrogens with zero attached hydrogens (tertiary/aromatic N) is 1. The fraction of sp³-hybridized carbons (Fsp3) is 0.100. The number of aryl methyl sites for hydroxylation is 1. The van der Waals surface area contributed by atoms with Crippen molar-refractivity contribution in [3.63, 3.8) is 0 Å². The van der Waals surface area contributed by atoms with E-state index in [0.717, 1.165) is 18.3 Å². The third-order valence-electron chi connectivity index (χ3n) is 2.03. The lowest BCUT2D eigenvalue weighted by Crippen LogP contribution is -1.91. The molecular weight excluding hydrogens is 188 g/mol. The first-order chi connectivity index (χ1) is 6.59. The monoisotopic (exact) mass is 195 g/mol. The maximum Gasteiger partial charge on any atom is 0.149 e. The summed E-state index contributed by atoms with van der Waals surface area (Å²) in [4.78, 5) is 3.62. The lowest BCUT2D eigenvalue weighted by molar-refractivity contribution is 0.473. The number of halogens is 2. The first-order valence-corrected chi connectivity index (χ1v) is 4.03. The Hall–Kier alpha value is -1.71. The van der Waals surface area contributed by atoms with Gasteiger partial charge in [-0.3, -0.25) is 0 Å². The average molecular weight is 195 g/mol. The van der Waals surface area contributed by atoms with Gasteiger partial charge in [-0.1, -0.05) is 0 Å². The highest BCUT2D eigenvalue weighted by Crippen LogP contribution is 2.24. The summed E-state index contributed by atoms with van der Waals surface area (Å²) in [6.45, 7) is 1.46. The number of rotatable bonds is 0. The van der Waals surface area contributed by atoms with Gasteiger partial charge in [-0.15, -0.1) is 0 Å². The molecule has 4 heteroatoms. The van der Waals surface area contributed by atoms with Gasteiger partial charge in [0, 0.05) is 5.39 Å². The second-order valence-electron chi connectivity index (χ2n) is 3.08. The standard InChI is InChI=1S/C10H7F2NO/c1-5-2-8(11)10-7(9(5)12)3-6(14)4-13-10/h2-4,14H,1H3. The Kier molecular flexibility index (Phi) is 1.84. The molecule has 0 spiro atoms. The van der Waals surface area contributed by atoms with Crippen molar-refractivity contribution in [1.29, 1.82) is 0 Å².